The molecule has 0 atom stereocenters. The Kier molecular flexibility index (Phi) is 6.44. The molecule has 0 saturated heterocycles. The summed E-state index contributed by atoms with van der Waals surface area (Å²) in [7, 11) is 2.86. The lowest BCUT2D eigenvalue weighted by molar-refractivity contribution is 0.349. The van der Waals surface area contributed by atoms with Crippen LogP contribution in [0.25, 0.3) is 0 Å². The average Bonchev–Trinajstić information content (AvgIpc) is 2.46. The zero-order valence-corrected chi connectivity index (χ0v) is 14.1. The summed E-state index contributed by atoms with van der Waals surface area (Å²) in [5.41, 5.74) is 0.739. The molecule has 0 unspecified atom stereocenters. The van der Waals surface area contributed by atoms with Crippen molar-refractivity contribution in [1.82, 2.24) is 9.62 Å². The average molecular weight is 316 g/mol. The molecule has 120 valence electrons. The second-order valence-corrected chi connectivity index (χ2v) is 6.72. The quantitative estimate of drug-likeness (QED) is 0.786. The molecule has 0 heterocycles. The predicted octanol–water partition coefficient (Wildman–Crippen LogP) is 1.45. The Hall–Kier alpha value is -1.31. The lowest BCUT2D eigenvalue weighted by Crippen LogP contribution is -2.28. The molecule has 1 N–H and O–H groups in total. The first-order valence-corrected chi connectivity index (χ1v) is 8.22. The number of sulfonamides is 1. The van der Waals surface area contributed by atoms with Crippen LogP contribution in [0.3, 0.4) is 0 Å². The van der Waals surface area contributed by atoms with Crippen LogP contribution in [0.5, 0.6) is 11.5 Å². The van der Waals surface area contributed by atoms with Crippen molar-refractivity contribution in [3.63, 3.8) is 0 Å². The summed E-state index contributed by atoms with van der Waals surface area (Å²) in [4.78, 5) is 0.210. The van der Waals surface area contributed by atoms with Gasteiger partial charge in [-0.2, -0.15) is 0 Å². The maximum atomic E-state index is 12.6. The normalized spacial score (nSPS) is 11.7. The SMILES string of the molecule is CCCN(C)S(=O)(=O)c1cc(CNC)c(OC)c(OC)c1. The predicted molar refractivity (Wildman–Crippen MR) is 82.4 cm³/mol. The van der Waals surface area contributed by atoms with Crippen LogP contribution in [-0.2, 0) is 16.6 Å². The number of nitrogens with one attached hydrogen (secondary N) is 1. The topological polar surface area (TPSA) is 67.9 Å². The molecular weight excluding hydrogens is 292 g/mol. The van der Waals surface area contributed by atoms with Gasteiger partial charge in [-0.1, -0.05) is 6.92 Å². The highest BCUT2D eigenvalue weighted by atomic mass is 32.2. The third-order valence-electron chi connectivity index (χ3n) is 3.14. The summed E-state index contributed by atoms with van der Waals surface area (Å²) in [6, 6.07) is 3.12. The summed E-state index contributed by atoms with van der Waals surface area (Å²) in [5.74, 6) is 0.956. The van der Waals surface area contributed by atoms with Gasteiger partial charge in [0.15, 0.2) is 11.5 Å². The standard InChI is InChI=1S/C14H24N2O4S/c1-6-7-16(3)21(17,18)12-8-11(10-15-2)14(20-5)13(9-12)19-4/h8-9,15H,6-7,10H2,1-5H3. The Morgan fingerprint density at radius 1 is 1.24 bits per heavy atom. The first-order chi connectivity index (χ1) is 9.92. The molecule has 6 nitrogen and oxygen atoms in total. The Labute approximate surface area is 127 Å². The van der Waals surface area contributed by atoms with Gasteiger partial charge in [-0.15, -0.1) is 0 Å². The third kappa shape index (κ3) is 3.87. The van der Waals surface area contributed by atoms with E-state index in [1.54, 1.807) is 20.2 Å². The molecule has 0 saturated carbocycles. The van der Waals surface area contributed by atoms with E-state index in [2.05, 4.69) is 5.32 Å². The van der Waals surface area contributed by atoms with E-state index >= 15 is 0 Å². The molecule has 0 aliphatic carbocycles. The van der Waals surface area contributed by atoms with Gasteiger partial charge in [-0.3, -0.25) is 0 Å². The molecule has 0 radical (unpaired) electrons. The van der Waals surface area contributed by atoms with E-state index in [-0.39, 0.29) is 4.90 Å². The van der Waals surface area contributed by atoms with Crippen LogP contribution >= 0.6 is 0 Å². The molecule has 21 heavy (non-hydrogen) atoms. The number of rotatable bonds is 8. The van der Waals surface area contributed by atoms with E-state index in [1.807, 2.05) is 6.92 Å². The van der Waals surface area contributed by atoms with E-state index in [9.17, 15) is 8.42 Å². The molecule has 0 aliphatic heterocycles. The van der Waals surface area contributed by atoms with Gasteiger partial charge in [0, 0.05) is 31.8 Å². The van der Waals surface area contributed by atoms with Crippen LogP contribution in [-0.4, -0.2) is 47.6 Å². The molecule has 1 rings (SSSR count). The smallest absolute Gasteiger partial charge is 0.242 e. The van der Waals surface area contributed by atoms with Crippen molar-refractivity contribution in [2.75, 3.05) is 34.9 Å². The lowest BCUT2D eigenvalue weighted by atomic mass is 10.2. The molecule has 0 amide bonds. The van der Waals surface area contributed by atoms with Gasteiger partial charge in [0.25, 0.3) is 0 Å². The molecule has 1 aromatic rings. The molecule has 1 aromatic carbocycles. The van der Waals surface area contributed by atoms with Crippen molar-refractivity contribution in [3.8, 4) is 11.5 Å². The van der Waals surface area contributed by atoms with E-state index in [4.69, 9.17) is 9.47 Å². The summed E-state index contributed by atoms with van der Waals surface area (Å²) in [6.45, 7) is 2.89. The highest BCUT2D eigenvalue weighted by Gasteiger charge is 2.24. The lowest BCUT2D eigenvalue weighted by Gasteiger charge is -2.19. The fourth-order valence-corrected chi connectivity index (χ4v) is 3.43. The summed E-state index contributed by atoms with van der Waals surface area (Å²) < 4.78 is 37.0. The largest absolute Gasteiger partial charge is 0.493 e. The van der Waals surface area contributed by atoms with Crippen LogP contribution in [0.1, 0.15) is 18.9 Å². The number of hydrogen-bond donors (Lipinski definition) is 1. The molecule has 7 heteroatoms. The number of benzene rings is 1. The van der Waals surface area contributed by atoms with Crippen molar-refractivity contribution in [2.24, 2.45) is 0 Å². The molecule has 0 aromatic heterocycles. The summed E-state index contributed by atoms with van der Waals surface area (Å²) >= 11 is 0. The van der Waals surface area contributed by atoms with Crippen LogP contribution in [0.4, 0.5) is 0 Å². The van der Waals surface area contributed by atoms with Gasteiger partial charge in [-0.25, -0.2) is 12.7 Å². The first-order valence-electron chi connectivity index (χ1n) is 6.78. The van der Waals surface area contributed by atoms with E-state index in [0.29, 0.717) is 24.6 Å². The van der Waals surface area contributed by atoms with E-state index in [0.717, 1.165) is 12.0 Å². The summed E-state index contributed by atoms with van der Waals surface area (Å²) in [5, 5.41) is 3.00. The molecular formula is C14H24N2O4S. The van der Waals surface area contributed by atoms with Crippen LogP contribution < -0.4 is 14.8 Å². The Bertz CT molecular complexity index is 573. The Morgan fingerprint density at radius 3 is 2.38 bits per heavy atom. The minimum Gasteiger partial charge on any atom is -0.493 e. The molecule has 0 bridgehead atoms. The Morgan fingerprint density at radius 2 is 1.90 bits per heavy atom. The minimum absolute atomic E-state index is 0.210. The van der Waals surface area contributed by atoms with Crippen LogP contribution in [0.2, 0.25) is 0 Å². The fraction of sp³-hybridized carbons (Fsp3) is 0.571. The maximum absolute atomic E-state index is 12.6. The van der Waals surface area contributed by atoms with Gasteiger partial charge in [-0.05, 0) is 19.5 Å². The minimum atomic E-state index is -3.53. The molecule has 0 aliphatic rings. The second-order valence-electron chi connectivity index (χ2n) is 4.67. The van der Waals surface area contributed by atoms with Crippen molar-refractivity contribution in [1.29, 1.82) is 0 Å². The van der Waals surface area contributed by atoms with Gasteiger partial charge >= 0.3 is 0 Å². The van der Waals surface area contributed by atoms with Gasteiger partial charge in [0.2, 0.25) is 10.0 Å². The number of nitrogens with zero attached hydrogens (tertiary/aromatic N) is 1. The summed E-state index contributed by atoms with van der Waals surface area (Å²) in [6.07, 6.45) is 0.756. The first kappa shape index (κ1) is 17.7. The zero-order valence-electron chi connectivity index (χ0n) is 13.3. The van der Waals surface area contributed by atoms with Crippen molar-refractivity contribution in [2.45, 2.75) is 24.8 Å². The maximum Gasteiger partial charge on any atom is 0.242 e. The highest BCUT2D eigenvalue weighted by Crippen LogP contribution is 2.34. The van der Waals surface area contributed by atoms with Gasteiger partial charge in [0.05, 0.1) is 19.1 Å². The van der Waals surface area contributed by atoms with E-state index < -0.39 is 10.0 Å². The Balaban J connectivity index is 3.40. The van der Waals surface area contributed by atoms with Crippen molar-refractivity contribution in [3.05, 3.63) is 17.7 Å². The van der Waals surface area contributed by atoms with E-state index in [1.165, 1.54) is 24.6 Å². The van der Waals surface area contributed by atoms with Crippen molar-refractivity contribution >= 4 is 10.0 Å². The monoisotopic (exact) mass is 316 g/mol. The zero-order chi connectivity index (χ0) is 16.0. The van der Waals surface area contributed by atoms with Gasteiger partial charge in [0.1, 0.15) is 0 Å². The van der Waals surface area contributed by atoms with Crippen molar-refractivity contribution < 1.29 is 17.9 Å². The van der Waals surface area contributed by atoms with Crippen LogP contribution in [0.15, 0.2) is 17.0 Å². The number of methoxy groups -OCH3 is 2. The second kappa shape index (κ2) is 7.63. The molecule has 0 spiro atoms. The molecule has 0 fully saturated rings. The third-order valence-corrected chi connectivity index (χ3v) is 4.98. The fourth-order valence-electron chi connectivity index (χ4n) is 2.10. The number of hydrogen-bond acceptors (Lipinski definition) is 5. The highest BCUT2D eigenvalue weighted by molar-refractivity contribution is 7.89. The number of ether oxygens (including phenoxy) is 2. The van der Waals surface area contributed by atoms with Crippen LogP contribution in [0, 0.1) is 0 Å². The van der Waals surface area contributed by atoms with Gasteiger partial charge < -0.3 is 14.8 Å².